The first-order valence-electron chi connectivity index (χ1n) is 4.94. The van der Waals surface area contributed by atoms with Crippen LogP contribution in [-0.2, 0) is 0 Å². The van der Waals surface area contributed by atoms with Crippen molar-refractivity contribution < 1.29 is 4.79 Å². The maximum atomic E-state index is 11.8. The Labute approximate surface area is 108 Å². The zero-order valence-electron chi connectivity index (χ0n) is 9.32. The summed E-state index contributed by atoms with van der Waals surface area (Å²) in [7, 11) is 0. The molecule has 4 nitrogen and oxygen atoms in total. The van der Waals surface area contributed by atoms with Crippen molar-refractivity contribution in [1.29, 1.82) is 0 Å². The summed E-state index contributed by atoms with van der Waals surface area (Å²) < 4.78 is 0.259. The van der Waals surface area contributed by atoms with Crippen LogP contribution in [0.5, 0.6) is 0 Å². The van der Waals surface area contributed by atoms with E-state index < -0.39 is 0 Å². The van der Waals surface area contributed by atoms with E-state index in [-0.39, 0.29) is 15.4 Å². The van der Waals surface area contributed by atoms with Crippen LogP contribution >= 0.6 is 22.9 Å². The lowest BCUT2D eigenvalue weighted by atomic mass is 10.1. The van der Waals surface area contributed by atoms with Gasteiger partial charge in [-0.3, -0.25) is 4.79 Å². The number of aromatic nitrogens is 2. The van der Waals surface area contributed by atoms with Crippen LogP contribution in [0, 0.1) is 13.8 Å². The third-order valence-corrected chi connectivity index (χ3v) is 3.38. The number of nitrogens with zero attached hydrogens (tertiary/aromatic N) is 2. The smallest absolute Gasteiger partial charge is 0.286 e. The quantitative estimate of drug-likeness (QED) is 0.910. The lowest BCUT2D eigenvalue weighted by Crippen LogP contribution is -2.11. The van der Waals surface area contributed by atoms with E-state index in [4.69, 9.17) is 11.6 Å². The molecule has 0 fully saturated rings. The molecule has 1 aromatic carbocycles. The molecule has 0 aliphatic carbocycles. The molecule has 1 N–H and O–H groups in total. The largest absolute Gasteiger partial charge is 0.320 e. The van der Waals surface area contributed by atoms with Crippen molar-refractivity contribution in [1.82, 2.24) is 10.2 Å². The van der Waals surface area contributed by atoms with Crippen LogP contribution in [0.4, 0.5) is 5.69 Å². The van der Waals surface area contributed by atoms with Gasteiger partial charge in [0.15, 0.2) is 0 Å². The van der Waals surface area contributed by atoms with E-state index in [0.29, 0.717) is 0 Å². The second kappa shape index (κ2) is 4.81. The number of aryl methyl sites for hydroxylation is 2. The second-order valence-corrected chi connectivity index (χ2v) is 5.17. The first-order valence-corrected chi connectivity index (χ1v) is 6.13. The topological polar surface area (TPSA) is 54.9 Å². The number of anilines is 1. The Kier molecular flexibility index (Phi) is 3.40. The lowest BCUT2D eigenvalue weighted by molar-refractivity contribution is 0.102. The summed E-state index contributed by atoms with van der Waals surface area (Å²) in [6.45, 7) is 4.01. The molecule has 88 valence electrons. The van der Waals surface area contributed by atoms with Crippen LogP contribution in [-0.4, -0.2) is 16.1 Å². The van der Waals surface area contributed by atoms with Gasteiger partial charge in [-0.05, 0) is 48.7 Å². The minimum atomic E-state index is -0.294. The van der Waals surface area contributed by atoms with Crippen molar-refractivity contribution in [3.05, 3.63) is 38.8 Å². The molecule has 17 heavy (non-hydrogen) atoms. The van der Waals surface area contributed by atoms with Crippen molar-refractivity contribution >= 4 is 34.5 Å². The zero-order chi connectivity index (χ0) is 12.4. The molecule has 2 rings (SSSR count). The minimum absolute atomic E-state index is 0.258. The normalized spacial score (nSPS) is 10.3. The molecular weight excluding hydrogens is 258 g/mol. The molecule has 0 bridgehead atoms. The highest BCUT2D eigenvalue weighted by atomic mass is 35.5. The van der Waals surface area contributed by atoms with Gasteiger partial charge < -0.3 is 5.32 Å². The summed E-state index contributed by atoms with van der Waals surface area (Å²) in [5.74, 6) is -0.294. The van der Waals surface area contributed by atoms with Gasteiger partial charge >= 0.3 is 0 Å². The zero-order valence-corrected chi connectivity index (χ0v) is 10.9. The third-order valence-electron chi connectivity index (χ3n) is 2.36. The molecule has 0 saturated heterocycles. The van der Waals surface area contributed by atoms with E-state index in [0.717, 1.165) is 22.6 Å². The number of amides is 1. The van der Waals surface area contributed by atoms with Crippen LogP contribution in [0.3, 0.4) is 0 Å². The number of halogens is 1. The molecule has 1 heterocycles. The first kappa shape index (κ1) is 12.0. The number of benzene rings is 1. The number of nitrogens with one attached hydrogen (secondary N) is 1. The van der Waals surface area contributed by atoms with Crippen molar-refractivity contribution in [3.8, 4) is 0 Å². The van der Waals surface area contributed by atoms with E-state index in [2.05, 4.69) is 15.5 Å². The molecule has 0 aliphatic rings. The standard InChI is InChI=1S/C11H10ClN3OS/c1-6-3-4-8(5-7(6)2)13-9(16)10-14-15-11(12)17-10/h3-5H,1-2H3,(H,13,16). The van der Waals surface area contributed by atoms with Crippen LogP contribution in [0.25, 0.3) is 0 Å². The van der Waals surface area contributed by atoms with E-state index in [1.807, 2.05) is 32.0 Å². The Morgan fingerprint density at radius 3 is 2.65 bits per heavy atom. The van der Waals surface area contributed by atoms with Gasteiger partial charge in [-0.1, -0.05) is 17.4 Å². The summed E-state index contributed by atoms with van der Waals surface area (Å²) in [5, 5.41) is 10.3. The lowest BCUT2D eigenvalue weighted by Gasteiger charge is -2.05. The molecule has 1 amide bonds. The molecule has 0 unspecified atom stereocenters. The Hall–Kier alpha value is -1.46. The fraction of sp³-hybridized carbons (Fsp3) is 0.182. The SMILES string of the molecule is Cc1ccc(NC(=O)c2nnc(Cl)s2)cc1C. The molecule has 0 spiro atoms. The molecule has 0 saturated carbocycles. The van der Waals surface area contributed by atoms with Crippen LogP contribution in [0.1, 0.15) is 20.9 Å². The average molecular weight is 268 g/mol. The highest BCUT2D eigenvalue weighted by Crippen LogP contribution is 2.18. The third kappa shape index (κ3) is 2.81. The van der Waals surface area contributed by atoms with Crippen molar-refractivity contribution in [3.63, 3.8) is 0 Å². The number of rotatable bonds is 2. The monoisotopic (exact) mass is 267 g/mol. The fourth-order valence-corrected chi connectivity index (χ4v) is 2.02. The first-order chi connectivity index (χ1) is 8.06. The van der Waals surface area contributed by atoms with Gasteiger partial charge in [-0.2, -0.15) is 0 Å². The van der Waals surface area contributed by atoms with Gasteiger partial charge in [-0.25, -0.2) is 0 Å². The molecule has 0 radical (unpaired) electrons. The maximum Gasteiger partial charge on any atom is 0.286 e. The van der Waals surface area contributed by atoms with Crippen molar-refractivity contribution in [2.75, 3.05) is 5.32 Å². The summed E-state index contributed by atoms with van der Waals surface area (Å²) in [5.41, 5.74) is 3.05. The van der Waals surface area contributed by atoms with Crippen LogP contribution < -0.4 is 5.32 Å². The molecule has 0 atom stereocenters. The van der Waals surface area contributed by atoms with Gasteiger partial charge in [0, 0.05) is 5.69 Å². The van der Waals surface area contributed by atoms with E-state index in [1.54, 1.807) is 0 Å². The molecular formula is C11H10ClN3OS. The number of hydrogen-bond acceptors (Lipinski definition) is 4. The highest BCUT2D eigenvalue weighted by molar-refractivity contribution is 7.17. The molecule has 1 aromatic heterocycles. The van der Waals surface area contributed by atoms with E-state index in [9.17, 15) is 4.79 Å². The van der Waals surface area contributed by atoms with Gasteiger partial charge in [0.25, 0.3) is 5.91 Å². The molecule has 2 aromatic rings. The van der Waals surface area contributed by atoms with Crippen molar-refractivity contribution in [2.24, 2.45) is 0 Å². The summed E-state index contributed by atoms with van der Waals surface area (Å²) in [6.07, 6.45) is 0. The minimum Gasteiger partial charge on any atom is -0.320 e. The molecule has 0 aliphatic heterocycles. The van der Waals surface area contributed by atoms with Gasteiger partial charge in [-0.15, -0.1) is 10.2 Å². The van der Waals surface area contributed by atoms with Crippen LogP contribution in [0.15, 0.2) is 18.2 Å². The predicted molar refractivity (Wildman–Crippen MR) is 68.8 cm³/mol. The van der Waals surface area contributed by atoms with Gasteiger partial charge in [0.1, 0.15) is 0 Å². The maximum absolute atomic E-state index is 11.8. The Morgan fingerprint density at radius 2 is 2.06 bits per heavy atom. The Morgan fingerprint density at radius 1 is 1.29 bits per heavy atom. The Balaban J connectivity index is 2.15. The highest BCUT2D eigenvalue weighted by Gasteiger charge is 2.12. The average Bonchev–Trinajstić information content (AvgIpc) is 2.70. The van der Waals surface area contributed by atoms with Gasteiger partial charge in [0.2, 0.25) is 9.47 Å². The van der Waals surface area contributed by atoms with Crippen LogP contribution in [0.2, 0.25) is 4.47 Å². The van der Waals surface area contributed by atoms with E-state index >= 15 is 0 Å². The number of carbonyl (C=O) groups excluding carboxylic acids is 1. The Bertz CT molecular complexity index is 568. The van der Waals surface area contributed by atoms with E-state index in [1.165, 1.54) is 5.56 Å². The predicted octanol–water partition coefficient (Wildman–Crippen LogP) is 3.06. The molecule has 6 heteroatoms. The summed E-state index contributed by atoms with van der Waals surface area (Å²) in [6, 6.07) is 5.72. The summed E-state index contributed by atoms with van der Waals surface area (Å²) in [4.78, 5) is 11.8. The van der Waals surface area contributed by atoms with Gasteiger partial charge in [0.05, 0.1) is 0 Å². The summed E-state index contributed by atoms with van der Waals surface area (Å²) >= 11 is 6.67. The number of carbonyl (C=O) groups is 1. The number of hydrogen-bond donors (Lipinski definition) is 1. The second-order valence-electron chi connectivity index (χ2n) is 3.61. The fourth-order valence-electron chi connectivity index (χ4n) is 1.30. The van der Waals surface area contributed by atoms with Crippen molar-refractivity contribution in [2.45, 2.75) is 13.8 Å².